The third-order valence-electron chi connectivity index (χ3n) is 6.70. The van der Waals surface area contributed by atoms with Gasteiger partial charge in [-0.15, -0.1) is 0 Å². The van der Waals surface area contributed by atoms with E-state index in [1.165, 1.54) is 22.4 Å². The van der Waals surface area contributed by atoms with Gasteiger partial charge in [0.25, 0.3) is 0 Å². The summed E-state index contributed by atoms with van der Waals surface area (Å²) in [5.74, 6) is 0. The summed E-state index contributed by atoms with van der Waals surface area (Å²) in [6, 6.07) is 7.43. The average Bonchev–Trinajstić information content (AvgIpc) is 2.67. The van der Waals surface area contributed by atoms with E-state index in [4.69, 9.17) is 4.99 Å². The normalized spacial score (nSPS) is 25.5. The molecule has 0 N–H and O–H groups in total. The molecule has 0 bridgehead atoms. The largest absolute Gasteiger partial charge is 0.304 e. The fourth-order valence-corrected chi connectivity index (χ4v) is 4.49. The number of likely N-dealkylation sites (tertiary alicyclic amines) is 1. The number of aryl methyl sites for hydroxylation is 2. The number of hydrogen-bond donors (Lipinski definition) is 0. The molecule has 1 fully saturated rings. The van der Waals surface area contributed by atoms with Crippen molar-refractivity contribution in [2.75, 3.05) is 39.8 Å². The van der Waals surface area contributed by atoms with E-state index in [2.05, 4.69) is 76.6 Å². The summed E-state index contributed by atoms with van der Waals surface area (Å²) in [7, 11) is 2.24. The summed E-state index contributed by atoms with van der Waals surface area (Å²) in [5, 5.41) is 0. The molecule has 0 amide bonds. The maximum Gasteiger partial charge on any atom is 0.0454 e. The van der Waals surface area contributed by atoms with Crippen LogP contribution < -0.4 is 0 Å². The molecule has 2 atom stereocenters. The van der Waals surface area contributed by atoms with Crippen molar-refractivity contribution in [3.05, 3.63) is 34.9 Å². The van der Waals surface area contributed by atoms with E-state index in [9.17, 15) is 0 Å². The van der Waals surface area contributed by atoms with E-state index < -0.39 is 0 Å². The molecule has 1 aliphatic rings. The molecule has 1 aromatic rings. The first-order valence-corrected chi connectivity index (χ1v) is 10.9. The fraction of sp³-hybridized carbons (Fsp3) is 0.708. The first kappa shape index (κ1) is 22.1. The fourth-order valence-electron chi connectivity index (χ4n) is 4.49. The smallest absolute Gasteiger partial charge is 0.0454 e. The van der Waals surface area contributed by atoms with Crippen molar-refractivity contribution in [3.8, 4) is 0 Å². The Kier molecular flexibility index (Phi) is 8.05. The summed E-state index contributed by atoms with van der Waals surface area (Å²) in [5.41, 5.74) is 5.76. The van der Waals surface area contributed by atoms with Crippen LogP contribution >= 0.6 is 0 Å². The van der Waals surface area contributed by atoms with Crippen molar-refractivity contribution in [2.45, 2.75) is 72.3 Å². The molecule has 2 unspecified atom stereocenters. The van der Waals surface area contributed by atoms with Crippen LogP contribution in [0.5, 0.6) is 0 Å². The Morgan fingerprint density at radius 3 is 2.56 bits per heavy atom. The minimum atomic E-state index is 0.0520. The second-order valence-corrected chi connectivity index (χ2v) is 8.39. The molecule has 0 spiro atoms. The molecule has 1 heterocycles. The van der Waals surface area contributed by atoms with Crippen LogP contribution in [-0.4, -0.2) is 61.3 Å². The zero-order chi connectivity index (χ0) is 20.0. The number of nitrogens with zero attached hydrogens (tertiary/aromatic N) is 3. The Balaban J connectivity index is 2.30. The van der Waals surface area contributed by atoms with Gasteiger partial charge in [-0.1, -0.05) is 45.9 Å². The zero-order valence-electron chi connectivity index (χ0n) is 18.8. The first-order valence-electron chi connectivity index (χ1n) is 10.9. The van der Waals surface area contributed by atoms with Crippen LogP contribution in [0.15, 0.2) is 23.2 Å². The quantitative estimate of drug-likeness (QED) is 0.616. The van der Waals surface area contributed by atoms with Gasteiger partial charge in [0.05, 0.1) is 0 Å². The number of benzene rings is 1. The lowest BCUT2D eigenvalue weighted by Gasteiger charge is -2.45. The second kappa shape index (κ2) is 9.84. The van der Waals surface area contributed by atoms with Crippen molar-refractivity contribution in [2.24, 2.45) is 4.99 Å². The number of rotatable bonds is 8. The van der Waals surface area contributed by atoms with Crippen molar-refractivity contribution in [1.29, 1.82) is 0 Å². The monoisotopic (exact) mass is 371 g/mol. The highest BCUT2D eigenvalue weighted by atomic mass is 15.2. The third kappa shape index (κ3) is 5.00. The molecular weight excluding hydrogens is 330 g/mol. The SMILES string of the molecule is CCc1ccc(C)c(C2(C)CCN(C)C(C)/C2=N/CCCN(CC)CC)c1. The molecular formula is C24H41N3. The Morgan fingerprint density at radius 1 is 1.22 bits per heavy atom. The van der Waals surface area contributed by atoms with Gasteiger partial charge in [0.1, 0.15) is 0 Å². The van der Waals surface area contributed by atoms with Gasteiger partial charge in [0, 0.05) is 23.7 Å². The van der Waals surface area contributed by atoms with Gasteiger partial charge in [0.15, 0.2) is 0 Å². The van der Waals surface area contributed by atoms with Gasteiger partial charge in [-0.3, -0.25) is 9.89 Å². The summed E-state index contributed by atoms with van der Waals surface area (Å²) < 4.78 is 0. The van der Waals surface area contributed by atoms with Crippen LogP contribution in [0.1, 0.15) is 64.2 Å². The molecule has 0 aliphatic carbocycles. The predicted molar refractivity (Wildman–Crippen MR) is 119 cm³/mol. The molecule has 1 saturated heterocycles. The molecule has 0 radical (unpaired) electrons. The highest BCUT2D eigenvalue weighted by Gasteiger charge is 2.41. The second-order valence-electron chi connectivity index (χ2n) is 8.39. The van der Waals surface area contributed by atoms with Gasteiger partial charge in [-0.05, 0) is 83.0 Å². The number of hydrogen-bond acceptors (Lipinski definition) is 3. The van der Waals surface area contributed by atoms with Gasteiger partial charge in [0.2, 0.25) is 0 Å². The Hall–Kier alpha value is -1.19. The Bertz CT molecular complexity index is 633. The van der Waals surface area contributed by atoms with E-state index in [-0.39, 0.29) is 5.41 Å². The first-order chi connectivity index (χ1) is 12.9. The van der Waals surface area contributed by atoms with Gasteiger partial charge in [-0.25, -0.2) is 0 Å². The maximum atomic E-state index is 5.23. The zero-order valence-corrected chi connectivity index (χ0v) is 18.8. The molecule has 1 aromatic carbocycles. The van der Waals surface area contributed by atoms with Crippen LogP contribution in [-0.2, 0) is 11.8 Å². The summed E-state index contributed by atoms with van der Waals surface area (Å²) in [6.45, 7) is 19.2. The van der Waals surface area contributed by atoms with Gasteiger partial charge >= 0.3 is 0 Å². The molecule has 1 aliphatic heterocycles. The maximum absolute atomic E-state index is 5.23. The molecule has 0 saturated carbocycles. The summed E-state index contributed by atoms with van der Waals surface area (Å²) in [6.07, 6.45) is 3.39. The van der Waals surface area contributed by atoms with Crippen molar-refractivity contribution in [1.82, 2.24) is 9.80 Å². The number of piperidine rings is 1. The van der Waals surface area contributed by atoms with Crippen molar-refractivity contribution in [3.63, 3.8) is 0 Å². The molecule has 0 aromatic heterocycles. The number of aliphatic imine (C=N–C) groups is 1. The van der Waals surface area contributed by atoms with Crippen LogP contribution in [0.2, 0.25) is 0 Å². The van der Waals surface area contributed by atoms with E-state index >= 15 is 0 Å². The van der Waals surface area contributed by atoms with E-state index in [1.807, 2.05) is 0 Å². The lowest BCUT2D eigenvalue weighted by molar-refractivity contribution is 0.248. The average molecular weight is 372 g/mol. The minimum Gasteiger partial charge on any atom is -0.304 e. The Morgan fingerprint density at radius 2 is 1.93 bits per heavy atom. The molecule has 2 rings (SSSR count). The molecule has 3 heteroatoms. The molecule has 3 nitrogen and oxygen atoms in total. The van der Waals surface area contributed by atoms with E-state index in [1.54, 1.807) is 0 Å². The standard InChI is InChI=1S/C24H41N3/c1-8-21-13-12-19(4)22(18-21)24(6)14-17-26(7)20(5)23(24)25-15-11-16-27(9-2)10-3/h12-13,18,20H,8-11,14-17H2,1-7H3/b25-23-. The minimum absolute atomic E-state index is 0.0520. The van der Waals surface area contributed by atoms with Crippen LogP contribution in [0.3, 0.4) is 0 Å². The van der Waals surface area contributed by atoms with Crippen LogP contribution in [0.25, 0.3) is 0 Å². The van der Waals surface area contributed by atoms with Crippen molar-refractivity contribution < 1.29 is 0 Å². The molecule has 152 valence electrons. The van der Waals surface area contributed by atoms with E-state index in [0.29, 0.717) is 6.04 Å². The van der Waals surface area contributed by atoms with E-state index in [0.717, 1.165) is 52.0 Å². The third-order valence-corrected chi connectivity index (χ3v) is 6.70. The lowest BCUT2D eigenvalue weighted by Crippen LogP contribution is -2.53. The van der Waals surface area contributed by atoms with Gasteiger partial charge in [-0.2, -0.15) is 0 Å². The Labute approximate surface area is 167 Å². The van der Waals surface area contributed by atoms with Crippen LogP contribution in [0.4, 0.5) is 0 Å². The molecule has 27 heavy (non-hydrogen) atoms. The summed E-state index contributed by atoms with van der Waals surface area (Å²) >= 11 is 0. The highest BCUT2D eigenvalue weighted by molar-refractivity contribution is 5.99. The predicted octanol–water partition coefficient (Wildman–Crippen LogP) is 4.71. The van der Waals surface area contributed by atoms with Gasteiger partial charge < -0.3 is 4.90 Å². The topological polar surface area (TPSA) is 18.8 Å². The highest BCUT2D eigenvalue weighted by Crippen LogP contribution is 2.38. The lowest BCUT2D eigenvalue weighted by atomic mass is 9.69. The summed E-state index contributed by atoms with van der Waals surface area (Å²) in [4.78, 5) is 10.2. The van der Waals surface area contributed by atoms with Crippen LogP contribution in [0, 0.1) is 6.92 Å². The van der Waals surface area contributed by atoms with Crippen molar-refractivity contribution >= 4 is 5.71 Å².